The number of methoxy groups -OCH3 is 1. The van der Waals surface area contributed by atoms with Crippen molar-refractivity contribution in [3.63, 3.8) is 0 Å². The van der Waals surface area contributed by atoms with E-state index < -0.39 is 18.2 Å². The average Bonchev–Trinajstić information content (AvgIpc) is 3.98. The molecule has 2 aliphatic heterocycles. The van der Waals surface area contributed by atoms with Crippen LogP contribution in [0.4, 0.5) is 4.79 Å². The first kappa shape index (κ1) is 36.3. The number of nitrogens with one attached hydrogen (secondary N) is 4. The van der Waals surface area contributed by atoms with E-state index in [1.54, 1.807) is 6.20 Å². The van der Waals surface area contributed by atoms with Crippen molar-refractivity contribution in [3.8, 4) is 33.6 Å². The van der Waals surface area contributed by atoms with Gasteiger partial charge in [0.05, 0.1) is 43.0 Å². The number of aromatic nitrogens is 4. The van der Waals surface area contributed by atoms with E-state index in [1.165, 1.54) is 7.11 Å². The minimum Gasteiger partial charge on any atom is -0.453 e. The molecule has 4 N–H and O–H groups in total. The summed E-state index contributed by atoms with van der Waals surface area (Å²) in [6.45, 7) is 8.89. The number of carbonyl (C=O) groups excluding carboxylic acids is 4. The zero-order valence-corrected chi connectivity index (χ0v) is 30.4. The Hall–Kier alpha value is -5.46. The number of rotatable bonds is 12. The number of hydrogen-bond donors (Lipinski definition) is 4. The van der Waals surface area contributed by atoms with Crippen LogP contribution in [0.1, 0.15) is 77.1 Å². The fourth-order valence-corrected chi connectivity index (χ4v) is 7.30. The predicted octanol–water partition coefficient (Wildman–Crippen LogP) is 5.61. The minimum absolute atomic E-state index is 0.0198. The van der Waals surface area contributed by atoms with Gasteiger partial charge in [-0.2, -0.15) is 0 Å². The van der Waals surface area contributed by atoms with E-state index in [-0.39, 0.29) is 35.7 Å². The standard InChI is InChI=1S/C39H48N8O5/c1-23(2)33(42-22-48)37(49)46-18-6-8-31(46)35-40-20-29(43-35)27-14-10-25(11-15-27)26-12-16-28(17-13-26)30-21-41-36(44-30)32-9-7-19-47(32)38(50)34(24(3)4)45-39(51)52-5/h10-17,20-24,31-34H,6-9,18-19H2,1-5H3,(H,40,43)(H,41,44)(H,42,48)(H,45,51)/t31?,32?,33-,34-/m0/s1. The van der Waals surface area contributed by atoms with Crippen LogP contribution in [0, 0.1) is 11.8 Å². The van der Waals surface area contributed by atoms with Crippen molar-refractivity contribution in [2.45, 2.75) is 77.5 Å². The van der Waals surface area contributed by atoms with Crippen LogP contribution >= 0.6 is 0 Å². The molecule has 2 unspecified atom stereocenters. The van der Waals surface area contributed by atoms with E-state index in [1.807, 2.05) is 43.7 Å². The third kappa shape index (κ3) is 7.58. The Labute approximate surface area is 303 Å². The summed E-state index contributed by atoms with van der Waals surface area (Å²) in [7, 11) is 1.29. The molecule has 0 aliphatic carbocycles. The van der Waals surface area contributed by atoms with Gasteiger partial charge in [0.15, 0.2) is 0 Å². The summed E-state index contributed by atoms with van der Waals surface area (Å²) in [4.78, 5) is 69.7. The number of carbonyl (C=O) groups is 4. The molecule has 2 fully saturated rings. The maximum atomic E-state index is 13.5. The van der Waals surface area contributed by atoms with Crippen LogP contribution in [0.3, 0.4) is 0 Å². The number of imidazole rings is 2. The molecule has 4 heterocycles. The van der Waals surface area contributed by atoms with Crippen LogP contribution in [0.15, 0.2) is 60.9 Å². The van der Waals surface area contributed by atoms with Gasteiger partial charge >= 0.3 is 6.09 Å². The Bertz CT molecular complexity index is 1870. The van der Waals surface area contributed by atoms with Crippen LogP contribution in [0.2, 0.25) is 0 Å². The molecular weight excluding hydrogens is 660 g/mol. The normalized spacial score (nSPS) is 18.4. The molecule has 2 aliphatic rings. The fraction of sp³-hybridized carbons (Fsp3) is 0.436. The average molecular weight is 709 g/mol. The molecule has 0 radical (unpaired) electrons. The number of amides is 4. The lowest BCUT2D eigenvalue weighted by Crippen LogP contribution is -2.51. The first-order valence-electron chi connectivity index (χ1n) is 18.1. The second-order valence-electron chi connectivity index (χ2n) is 14.3. The van der Waals surface area contributed by atoms with E-state index in [0.29, 0.717) is 19.5 Å². The number of benzene rings is 2. The summed E-state index contributed by atoms with van der Waals surface area (Å²) in [6, 6.07) is 14.9. The van der Waals surface area contributed by atoms with Crippen LogP contribution < -0.4 is 10.6 Å². The second-order valence-corrected chi connectivity index (χ2v) is 14.3. The van der Waals surface area contributed by atoms with Crippen molar-refractivity contribution in [1.29, 1.82) is 0 Å². The van der Waals surface area contributed by atoms with Gasteiger partial charge in [0.2, 0.25) is 18.2 Å². The molecule has 0 saturated carbocycles. The number of likely N-dealkylation sites (tertiary alicyclic amines) is 2. The molecule has 0 spiro atoms. The first-order valence-corrected chi connectivity index (χ1v) is 18.1. The number of alkyl carbamates (subject to hydrolysis) is 1. The Balaban J connectivity index is 1.11. The SMILES string of the molecule is COC(=O)N[C@H](C(=O)N1CCCC1c1ncc(-c2ccc(-c3ccc(-c4cnc(C5CCCN5C(=O)[C@@H](NC=O)C(C)C)[nH]4)cc3)cc2)[nH]1)C(C)C. The van der Waals surface area contributed by atoms with Crippen molar-refractivity contribution >= 4 is 24.3 Å². The molecule has 2 aromatic carbocycles. The summed E-state index contributed by atoms with van der Waals surface area (Å²) < 4.78 is 4.75. The third-order valence-corrected chi connectivity index (χ3v) is 10.2. The van der Waals surface area contributed by atoms with Gasteiger partial charge in [-0.25, -0.2) is 14.8 Å². The summed E-state index contributed by atoms with van der Waals surface area (Å²) in [6.07, 6.45) is 6.92. The van der Waals surface area contributed by atoms with Gasteiger partial charge in [-0.3, -0.25) is 14.4 Å². The molecule has 2 saturated heterocycles. The highest BCUT2D eigenvalue weighted by Crippen LogP contribution is 2.35. The van der Waals surface area contributed by atoms with Crippen LogP contribution in [0.5, 0.6) is 0 Å². The summed E-state index contributed by atoms with van der Waals surface area (Å²) in [5.41, 5.74) is 5.84. The highest BCUT2D eigenvalue weighted by atomic mass is 16.5. The molecule has 52 heavy (non-hydrogen) atoms. The highest BCUT2D eigenvalue weighted by Gasteiger charge is 2.38. The van der Waals surface area contributed by atoms with E-state index in [9.17, 15) is 19.2 Å². The Kier molecular flexibility index (Phi) is 11.1. The first-order chi connectivity index (χ1) is 25.1. The Morgan fingerprint density at radius 1 is 0.731 bits per heavy atom. The van der Waals surface area contributed by atoms with Crippen molar-refractivity contribution in [2.24, 2.45) is 11.8 Å². The second kappa shape index (κ2) is 15.8. The largest absolute Gasteiger partial charge is 0.453 e. The molecule has 0 bridgehead atoms. The van der Waals surface area contributed by atoms with E-state index in [0.717, 1.165) is 71.0 Å². The lowest BCUT2D eigenvalue weighted by atomic mass is 10.0. The molecule has 13 nitrogen and oxygen atoms in total. The van der Waals surface area contributed by atoms with Crippen molar-refractivity contribution in [3.05, 3.63) is 72.6 Å². The number of H-pyrrole nitrogens is 2. The highest BCUT2D eigenvalue weighted by molar-refractivity contribution is 5.86. The summed E-state index contributed by atoms with van der Waals surface area (Å²) >= 11 is 0. The smallest absolute Gasteiger partial charge is 0.407 e. The maximum absolute atomic E-state index is 13.5. The minimum atomic E-state index is -0.683. The molecule has 274 valence electrons. The van der Waals surface area contributed by atoms with E-state index >= 15 is 0 Å². The van der Waals surface area contributed by atoms with Crippen LogP contribution in [-0.4, -0.2) is 86.3 Å². The molecule has 4 aromatic rings. The summed E-state index contributed by atoms with van der Waals surface area (Å²) in [5.74, 6) is 1.14. The number of aromatic amines is 2. The number of ether oxygens (including phenoxy) is 1. The molecule has 4 atom stereocenters. The van der Waals surface area contributed by atoms with Crippen molar-refractivity contribution in [2.75, 3.05) is 20.2 Å². The fourth-order valence-electron chi connectivity index (χ4n) is 7.30. The topological polar surface area (TPSA) is 165 Å². The third-order valence-electron chi connectivity index (χ3n) is 10.2. The monoisotopic (exact) mass is 708 g/mol. The number of nitrogens with zero attached hydrogens (tertiary/aromatic N) is 4. The quantitative estimate of drug-likeness (QED) is 0.139. The predicted molar refractivity (Wildman–Crippen MR) is 196 cm³/mol. The molecule has 13 heteroatoms. The van der Waals surface area contributed by atoms with Crippen LogP contribution in [0.25, 0.3) is 33.6 Å². The van der Waals surface area contributed by atoms with Gasteiger partial charge in [-0.1, -0.05) is 76.2 Å². The van der Waals surface area contributed by atoms with Gasteiger partial charge in [0, 0.05) is 13.1 Å². The molecule has 6 rings (SSSR count). The van der Waals surface area contributed by atoms with Crippen molar-refractivity contribution in [1.82, 2.24) is 40.4 Å². The van der Waals surface area contributed by atoms with Gasteiger partial charge in [0.25, 0.3) is 0 Å². The molecule has 2 aromatic heterocycles. The molecule has 4 amide bonds. The lowest BCUT2D eigenvalue weighted by Gasteiger charge is -2.30. The Morgan fingerprint density at radius 2 is 1.15 bits per heavy atom. The van der Waals surface area contributed by atoms with Gasteiger partial charge in [-0.15, -0.1) is 0 Å². The zero-order chi connectivity index (χ0) is 36.9. The van der Waals surface area contributed by atoms with Gasteiger partial charge in [-0.05, 0) is 59.8 Å². The number of hydrogen-bond acceptors (Lipinski definition) is 7. The molecular formula is C39H48N8O5. The van der Waals surface area contributed by atoms with Gasteiger partial charge < -0.3 is 35.1 Å². The lowest BCUT2D eigenvalue weighted by molar-refractivity contribution is -0.137. The Morgan fingerprint density at radius 3 is 1.56 bits per heavy atom. The van der Waals surface area contributed by atoms with Gasteiger partial charge in [0.1, 0.15) is 23.7 Å². The maximum Gasteiger partial charge on any atom is 0.407 e. The zero-order valence-electron chi connectivity index (χ0n) is 30.4. The van der Waals surface area contributed by atoms with Crippen LogP contribution in [-0.2, 0) is 19.1 Å². The van der Waals surface area contributed by atoms with E-state index in [4.69, 9.17) is 4.74 Å². The van der Waals surface area contributed by atoms with Crippen molar-refractivity contribution < 1.29 is 23.9 Å². The van der Waals surface area contributed by atoms with E-state index in [2.05, 4.69) is 79.1 Å². The summed E-state index contributed by atoms with van der Waals surface area (Å²) in [5, 5.41) is 5.38.